The number of aliphatic imine (C=N–C) groups is 1. The van der Waals surface area contributed by atoms with E-state index in [9.17, 15) is 9.90 Å². The zero-order valence-electron chi connectivity index (χ0n) is 14.1. The monoisotopic (exact) mass is 402 g/mol. The van der Waals surface area contributed by atoms with E-state index in [1.165, 1.54) is 36.3 Å². The predicted molar refractivity (Wildman–Crippen MR) is 105 cm³/mol. The minimum Gasteiger partial charge on any atom is -0.504 e. The summed E-state index contributed by atoms with van der Waals surface area (Å²) in [6.07, 6.45) is 0. The number of fused-ring (bicyclic) bond motifs is 1. The van der Waals surface area contributed by atoms with Gasteiger partial charge >= 0.3 is 5.97 Å². The number of thioether (sulfide) groups is 1. The molecule has 0 radical (unpaired) electrons. The molecule has 7 nitrogen and oxygen atoms in total. The molecule has 3 aromatic rings. The molecule has 0 saturated heterocycles. The van der Waals surface area contributed by atoms with Gasteiger partial charge in [0.15, 0.2) is 17.5 Å². The van der Waals surface area contributed by atoms with Gasteiger partial charge in [-0.25, -0.2) is 9.78 Å². The molecule has 4 rings (SSSR count). The molecule has 1 aromatic heterocycles. The highest BCUT2D eigenvalue weighted by Gasteiger charge is 2.26. The number of carboxylic acid groups (broad SMARTS) is 1. The Balaban J connectivity index is 1.60. The van der Waals surface area contributed by atoms with Gasteiger partial charge in [-0.1, -0.05) is 0 Å². The number of ether oxygens (including phenoxy) is 2. The summed E-state index contributed by atoms with van der Waals surface area (Å²) in [6, 6.07) is 9.56. The van der Waals surface area contributed by atoms with Crippen molar-refractivity contribution >= 4 is 44.3 Å². The fourth-order valence-electron chi connectivity index (χ4n) is 2.53. The molecule has 0 amide bonds. The first kappa shape index (κ1) is 17.6. The molecule has 138 valence electrons. The number of benzene rings is 2. The van der Waals surface area contributed by atoms with Crippen LogP contribution < -0.4 is 9.47 Å². The van der Waals surface area contributed by atoms with Gasteiger partial charge in [0.2, 0.25) is 0 Å². The van der Waals surface area contributed by atoms with Crippen LogP contribution in [-0.4, -0.2) is 45.1 Å². The number of rotatable bonds is 5. The Morgan fingerprint density at radius 2 is 2.00 bits per heavy atom. The maximum Gasteiger partial charge on any atom is 0.329 e. The molecule has 2 aromatic carbocycles. The van der Waals surface area contributed by atoms with E-state index in [0.717, 1.165) is 10.2 Å². The predicted octanol–water partition coefficient (Wildman–Crippen LogP) is 3.75. The molecule has 1 unspecified atom stereocenters. The molecular formula is C18H14N2O5S2. The van der Waals surface area contributed by atoms with Crippen molar-refractivity contribution in [2.45, 2.75) is 6.04 Å². The zero-order chi connectivity index (χ0) is 19.0. The number of carboxylic acids is 1. The van der Waals surface area contributed by atoms with Crippen molar-refractivity contribution in [2.24, 2.45) is 4.99 Å². The van der Waals surface area contributed by atoms with Gasteiger partial charge in [0.05, 0.1) is 17.3 Å². The van der Waals surface area contributed by atoms with E-state index in [-0.39, 0.29) is 5.75 Å². The average Bonchev–Trinajstić information content (AvgIpc) is 3.29. The van der Waals surface area contributed by atoms with Crippen LogP contribution in [0.5, 0.6) is 23.0 Å². The van der Waals surface area contributed by atoms with Gasteiger partial charge in [-0.05, 0) is 24.3 Å². The molecular weight excluding hydrogens is 388 g/mol. The molecule has 1 aliphatic rings. The van der Waals surface area contributed by atoms with Gasteiger partial charge in [0.25, 0.3) is 0 Å². The first-order chi connectivity index (χ1) is 13.0. The summed E-state index contributed by atoms with van der Waals surface area (Å²) in [5, 5.41) is 20.1. The highest BCUT2D eigenvalue weighted by Crippen LogP contribution is 2.35. The number of carbonyl (C=O) groups is 1. The largest absolute Gasteiger partial charge is 0.504 e. The third kappa shape index (κ3) is 3.56. The van der Waals surface area contributed by atoms with E-state index >= 15 is 0 Å². The van der Waals surface area contributed by atoms with Crippen LogP contribution in [0.1, 0.15) is 5.01 Å². The molecule has 1 aliphatic heterocycles. The van der Waals surface area contributed by atoms with Crippen LogP contribution in [0.2, 0.25) is 0 Å². The van der Waals surface area contributed by atoms with E-state index in [1.807, 2.05) is 12.1 Å². The van der Waals surface area contributed by atoms with Crippen LogP contribution in [-0.2, 0) is 4.79 Å². The number of hydrogen-bond acceptors (Lipinski definition) is 8. The van der Waals surface area contributed by atoms with Crippen molar-refractivity contribution in [1.82, 2.24) is 4.98 Å². The fraction of sp³-hybridized carbons (Fsp3) is 0.167. The average molecular weight is 402 g/mol. The van der Waals surface area contributed by atoms with E-state index in [0.29, 0.717) is 33.1 Å². The summed E-state index contributed by atoms with van der Waals surface area (Å²) in [4.78, 5) is 19.8. The van der Waals surface area contributed by atoms with Gasteiger partial charge in [-0.15, -0.1) is 23.1 Å². The normalized spacial score (nSPS) is 16.3. The van der Waals surface area contributed by atoms with Crippen LogP contribution in [0, 0.1) is 0 Å². The summed E-state index contributed by atoms with van der Waals surface area (Å²) in [7, 11) is 1.47. The van der Waals surface area contributed by atoms with E-state index in [4.69, 9.17) is 14.6 Å². The molecule has 0 aliphatic carbocycles. The topological polar surface area (TPSA) is 101 Å². The Kier molecular flexibility index (Phi) is 4.63. The number of hydrogen-bond donors (Lipinski definition) is 2. The van der Waals surface area contributed by atoms with Crippen LogP contribution in [0.3, 0.4) is 0 Å². The Bertz CT molecular complexity index is 1060. The third-order valence-electron chi connectivity index (χ3n) is 3.87. The van der Waals surface area contributed by atoms with E-state index < -0.39 is 12.0 Å². The highest BCUT2D eigenvalue weighted by molar-refractivity contribution is 8.15. The first-order valence-electron chi connectivity index (χ1n) is 7.93. The second-order valence-corrected chi connectivity index (χ2v) is 7.72. The van der Waals surface area contributed by atoms with Crippen molar-refractivity contribution in [2.75, 3.05) is 12.9 Å². The maximum atomic E-state index is 11.1. The van der Waals surface area contributed by atoms with Crippen molar-refractivity contribution in [3.8, 4) is 23.0 Å². The van der Waals surface area contributed by atoms with E-state index in [1.54, 1.807) is 18.2 Å². The molecule has 0 fully saturated rings. The molecule has 9 heteroatoms. The lowest BCUT2D eigenvalue weighted by atomic mass is 10.3. The molecule has 0 spiro atoms. The standard InChI is InChI=1S/C18H14N2O5S2/c1-24-14-6-9(3-5-13(14)21)25-10-2-4-11-15(7-10)27-17(19-11)16-20-12(8-26-16)18(22)23/h2-7,12,21H,8H2,1H3,(H,22,23). The number of phenolic OH excluding ortho intramolecular Hbond substituents is 1. The van der Waals surface area contributed by atoms with Crippen molar-refractivity contribution in [3.63, 3.8) is 0 Å². The Labute approximate surface area is 162 Å². The molecule has 2 heterocycles. The lowest BCUT2D eigenvalue weighted by Gasteiger charge is -2.08. The van der Waals surface area contributed by atoms with Crippen LogP contribution in [0.25, 0.3) is 10.2 Å². The second kappa shape index (κ2) is 7.09. The summed E-state index contributed by atoms with van der Waals surface area (Å²) >= 11 is 2.85. The number of nitrogens with zero attached hydrogens (tertiary/aromatic N) is 2. The minimum absolute atomic E-state index is 0.0434. The molecule has 0 saturated carbocycles. The van der Waals surface area contributed by atoms with Crippen LogP contribution in [0.15, 0.2) is 41.4 Å². The Hall–Kier alpha value is -2.78. The number of aliphatic carboxylic acids is 1. The van der Waals surface area contributed by atoms with Crippen LogP contribution in [0.4, 0.5) is 0 Å². The molecule has 27 heavy (non-hydrogen) atoms. The zero-order valence-corrected chi connectivity index (χ0v) is 15.7. The van der Waals surface area contributed by atoms with Gasteiger partial charge in [-0.3, -0.25) is 4.99 Å². The van der Waals surface area contributed by atoms with Crippen molar-refractivity contribution < 1.29 is 24.5 Å². The Morgan fingerprint density at radius 3 is 2.74 bits per heavy atom. The number of methoxy groups -OCH3 is 1. The third-order valence-corrected chi connectivity index (χ3v) is 6.07. The van der Waals surface area contributed by atoms with Gasteiger partial charge in [0, 0.05) is 17.9 Å². The summed E-state index contributed by atoms with van der Waals surface area (Å²) < 4.78 is 11.8. The number of phenols is 1. The lowest BCUT2D eigenvalue weighted by Crippen LogP contribution is -2.17. The lowest BCUT2D eigenvalue weighted by molar-refractivity contribution is -0.137. The summed E-state index contributed by atoms with van der Waals surface area (Å²) in [5.74, 6) is 1.04. The fourth-order valence-corrected chi connectivity index (χ4v) is 4.63. The SMILES string of the molecule is COc1cc(Oc2ccc3nc(C4=NC(C(=O)O)CS4)sc3c2)ccc1O. The summed E-state index contributed by atoms with van der Waals surface area (Å²) in [5.41, 5.74) is 0.799. The number of aromatic hydroxyl groups is 1. The second-order valence-electron chi connectivity index (χ2n) is 5.68. The number of thiazole rings is 1. The van der Waals surface area contributed by atoms with Crippen LogP contribution >= 0.6 is 23.1 Å². The smallest absolute Gasteiger partial charge is 0.329 e. The number of aromatic nitrogens is 1. The minimum atomic E-state index is -0.918. The Morgan fingerprint density at radius 1 is 1.22 bits per heavy atom. The van der Waals surface area contributed by atoms with Crippen molar-refractivity contribution in [3.05, 3.63) is 41.4 Å². The molecule has 2 N–H and O–H groups in total. The van der Waals surface area contributed by atoms with Gasteiger partial charge in [-0.2, -0.15) is 0 Å². The quantitative estimate of drug-likeness (QED) is 0.670. The molecule has 0 bridgehead atoms. The maximum absolute atomic E-state index is 11.1. The summed E-state index contributed by atoms with van der Waals surface area (Å²) in [6.45, 7) is 0. The van der Waals surface area contributed by atoms with Gasteiger partial charge in [0.1, 0.15) is 21.6 Å². The molecule has 1 atom stereocenters. The van der Waals surface area contributed by atoms with Crippen molar-refractivity contribution in [1.29, 1.82) is 0 Å². The van der Waals surface area contributed by atoms with Gasteiger partial charge < -0.3 is 19.7 Å². The highest BCUT2D eigenvalue weighted by atomic mass is 32.2. The first-order valence-corrected chi connectivity index (χ1v) is 9.73. The van der Waals surface area contributed by atoms with E-state index in [2.05, 4.69) is 9.98 Å².